The van der Waals surface area contributed by atoms with Crippen molar-refractivity contribution >= 4 is 24.3 Å². The molecule has 0 amide bonds. The van der Waals surface area contributed by atoms with Crippen molar-refractivity contribution < 1.29 is 9.53 Å². The molecule has 0 saturated heterocycles. The van der Waals surface area contributed by atoms with E-state index in [1.165, 1.54) is 51.8 Å². The van der Waals surface area contributed by atoms with Gasteiger partial charge in [0.25, 0.3) is 0 Å². The molecule has 0 aliphatic carbocycles. The number of esters is 1. The van der Waals surface area contributed by atoms with Crippen LogP contribution in [-0.4, -0.2) is 29.0 Å². The van der Waals surface area contributed by atoms with Gasteiger partial charge in [-0.3, -0.25) is 0 Å². The van der Waals surface area contributed by atoms with E-state index in [2.05, 4.69) is 20.8 Å². The molecular formula is C18H38O2Sn. The Kier molecular flexibility index (Phi) is 11.0. The molecule has 3 heteroatoms. The summed E-state index contributed by atoms with van der Waals surface area (Å²) < 4.78 is 10.9. The monoisotopic (exact) mass is 406 g/mol. The van der Waals surface area contributed by atoms with Gasteiger partial charge in [-0.15, -0.1) is 0 Å². The fourth-order valence-electron chi connectivity index (χ4n) is 2.68. The fourth-order valence-corrected chi connectivity index (χ4v) is 16.8. The van der Waals surface area contributed by atoms with Crippen molar-refractivity contribution in [2.24, 2.45) is 5.41 Å². The normalized spacial score (nSPS) is 12.5. The van der Waals surface area contributed by atoms with Crippen LogP contribution in [0.1, 0.15) is 80.1 Å². The number of carbonyl (C=O) groups is 1. The Morgan fingerprint density at radius 2 is 1.24 bits per heavy atom. The van der Waals surface area contributed by atoms with Crippen LogP contribution in [0.15, 0.2) is 0 Å². The van der Waals surface area contributed by atoms with E-state index < -0.39 is 18.4 Å². The van der Waals surface area contributed by atoms with E-state index in [0.29, 0.717) is 0 Å². The van der Waals surface area contributed by atoms with Crippen molar-refractivity contribution in [1.29, 1.82) is 0 Å². The number of hydrogen-bond donors (Lipinski definition) is 0. The number of carbonyl (C=O) groups excluding carboxylic acids is 1. The molecule has 0 aliphatic rings. The first-order valence-electron chi connectivity index (χ1n) is 8.98. The van der Waals surface area contributed by atoms with Gasteiger partial charge in [-0.05, 0) is 0 Å². The summed E-state index contributed by atoms with van der Waals surface area (Å²) in [5.74, 6) is -0.00642. The molecule has 0 spiro atoms. The first-order chi connectivity index (χ1) is 9.81. The van der Waals surface area contributed by atoms with Crippen LogP contribution < -0.4 is 0 Å². The predicted octanol–water partition coefficient (Wildman–Crippen LogP) is 5.96. The molecule has 0 saturated carbocycles. The number of ether oxygens (including phenoxy) is 1. The summed E-state index contributed by atoms with van der Waals surface area (Å²) in [6.45, 7) is 12.7. The Bertz CT molecular complexity index is 260. The van der Waals surface area contributed by atoms with Gasteiger partial charge < -0.3 is 0 Å². The van der Waals surface area contributed by atoms with Crippen molar-refractivity contribution in [3.05, 3.63) is 0 Å². The molecule has 0 rings (SSSR count). The average Bonchev–Trinajstić information content (AvgIpc) is 2.44. The van der Waals surface area contributed by atoms with Crippen LogP contribution >= 0.6 is 0 Å². The molecule has 0 N–H and O–H groups in total. The Morgan fingerprint density at radius 3 is 1.52 bits per heavy atom. The topological polar surface area (TPSA) is 26.3 Å². The summed E-state index contributed by atoms with van der Waals surface area (Å²) in [4.78, 5) is 12.1. The van der Waals surface area contributed by atoms with Crippen LogP contribution in [0.5, 0.6) is 0 Å². The van der Waals surface area contributed by atoms with Crippen LogP contribution in [0.4, 0.5) is 0 Å². The predicted molar refractivity (Wildman–Crippen MR) is 95.3 cm³/mol. The molecule has 0 aromatic rings. The van der Waals surface area contributed by atoms with Crippen molar-refractivity contribution in [2.75, 3.05) is 4.62 Å². The van der Waals surface area contributed by atoms with Crippen molar-refractivity contribution in [3.8, 4) is 0 Å². The second-order valence-electron chi connectivity index (χ2n) is 7.64. The van der Waals surface area contributed by atoms with Gasteiger partial charge in [0.15, 0.2) is 0 Å². The summed E-state index contributed by atoms with van der Waals surface area (Å²) in [6.07, 6.45) is 7.79. The van der Waals surface area contributed by atoms with Gasteiger partial charge in [0.1, 0.15) is 0 Å². The molecule has 0 atom stereocenters. The van der Waals surface area contributed by atoms with Gasteiger partial charge in [-0.1, -0.05) is 0 Å². The molecule has 0 aromatic heterocycles. The van der Waals surface area contributed by atoms with Gasteiger partial charge in [0, 0.05) is 0 Å². The second-order valence-corrected chi connectivity index (χ2v) is 21.3. The van der Waals surface area contributed by atoms with Crippen molar-refractivity contribution in [1.82, 2.24) is 0 Å². The van der Waals surface area contributed by atoms with Crippen LogP contribution in [0.3, 0.4) is 0 Å². The maximum atomic E-state index is 12.1. The summed E-state index contributed by atoms with van der Waals surface area (Å²) in [5, 5.41) is 0. The summed E-state index contributed by atoms with van der Waals surface area (Å²) in [5.41, 5.74) is -0.363. The second kappa shape index (κ2) is 10.9. The molecule has 21 heavy (non-hydrogen) atoms. The summed E-state index contributed by atoms with van der Waals surface area (Å²) >= 11 is -2.29. The minimum absolute atomic E-state index is 0.00642. The third-order valence-electron chi connectivity index (χ3n) is 4.30. The van der Waals surface area contributed by atoms with Gasteiger partial charge in [0.2, 0.25) is 0 Å². The summed E-state index contributed by atoms with van der Waals surface area (Å²) in [6, 6.07) is 0. The third kappa shape index (κ3) is 9.10. The van der Waals surface area contributed by atoms with E-state index in [9.17, 15) is 4.79 Å². The fraction of sp³-hybridized carbons (Fsp3) is 0.944. The van der Waals surface area contributed by atoms with Gasteiger partial charge in [0.05, 0.1) is 0 Å². The van der Waals surface area contributed by atoms with Gasteiger partial charge >= 0.3 is 137 Å². The molecular weight excluding hydrogens is 367 g/mol. The molecule has 2 nitrogen and oxygen atoms in total. The third-order valence-corrected chi connectivity index (χ3v) is 18.6. The molecule has 0 aromatic carbocycles. The molecule has 0 heterocycles. The molecule has 126 valence electrons. The van der Waals surface area contributed by atoms with E-state index in [1.54, 1.807) is 0 Å². The minimum atomic E-state index is -2.29. The zero-order valence-corrected chi connectivity index (χ0v) is 18.2. The van der Waals surface area contributed by atoms with E-state index in [-0.39, 0.29) is 11.4 Å². The van der Waals surface area contributed by atoms with Crippen LogP contribution in [0.2, 0.25) is 13.3 Å². The van der Waals surface area contributed by atoms with E-state index >= 15 is 0 Å². The van der Waals surface area contributed by atoms with E-state index in [1.807, 2.05) is 20.8 Å². The van der Waals surface area contributed by atoms with Crippen molar-refractivity contribution in [2.45, 2.75) is 93.4 Å². The molecule has 0 fully saturated rings. The standard InChI is InChI=1S/C6H11O2.3C4H9.Sn/c1-6(2,3)5(7)8-4;3*1-3-4-2;/h4H2,1-3H3;3*1,3-4H2,2H3;. The Hall–Kier alpha value is 0.269. The van der Waals surface area contributed by atoms with Crippen LogP contribution in [-0.2, 0) is 9.53 Å². The number of hydrogen-bond acceptors (Lipinski definition) is 2. The molecule has 0 aliphatic heterocycles. The van der Waals surface area contributed by atoms with E-state index in [4.69, 9.17) is 4.74 Å². The Morgan fingerprint density at radius 1 is 0.857 bits per heavy atom. The van der Waals surface area contributed by atoms with Crippen LogP contribution in [0.25, 0.3) is 0 Å². The first-order valence-corrected chi connectivity index (χ1v) is 17.1. The number of unbranched alkanes of at least 4 members (excludes halogenated alkanes) is 3. The molecule has 0 unspecified atom stereocenters. The summed E-state index contributed by atoms with van der Waals surface area (Å²) in [7, 11) is 0. The first kappa shape index (κ1) is 21.3. The quantitative estimate of drug-likeness (QED) is 0.313. The zero-order chi connectivity index (χ0) is 16.4. The Balaban J connectivity index is 4.81. The zero-order valence-electron chi connectivity index (χ0n) is 15.4. The van der Waals surface area contributed by atoms with Gasteiger partial charge in [-0.25, -0.2) is 0 Å². The van der Waals surface area contributed by atoms with Crippen molar-refractivity contribution in [3.63, 3.8) is 0 Å². The maximum absolute atomic E-state index is 12.1. The molecule has 0 bridgehead atoms. The molecule has 0 radical (unpaired) electrons. The van der Waals surface area contributed by atoms with Gasteiger partial charge in [-0.2, -0.15) is 0 Å². The van der Waals surface area contributed by atoms with E-state index in [0.717, 1.165) is 4.62 Å². The Labute approximate surface area is 137 Å². The SMILES string of the molecule is CCC[CH2][Sn]([CH2]CCC)([CH2]CCC)[CH2]OC(=O)C(C)(C)C. The van der Waals surface area contributed by atoms with Crippen LogP contribution in [0, 0.1) is 5.41 Å². The average molecular weight is 405 g/mol. The number of rotatable bonds is 11.